The number of piperidine rings is 1. The van der Waals surface area contributed by atoms with Gasteiger partial charge in [-0.25, -0.2) is 4.79 Å². The van der Waals surface area contributed by atoms with Crippen LogP contribution >= 0.6 is 12.4 Å². The van der Waals surface area contributed by atoms with E-state index in [1.165, 1.54) is 0 Å². The van der Waals surface area contributed by atoms with Crippen molar-refractivity contribution in [3.05, 3.63) is 0 Å². The van der Waals surface area contributed by atoms with E-state index in [1.54, 1.807) is 4.90 Å². The molecule has 5 amide bonds. The number of urea groups is 1. The highest BCUT2D eigenvalue weighted by atomic mass is 35.5. The fourth-order valence-electron chi connectivity index (χ4n) is 4.13. The zero-order valence-electron chi connectivity index (χ0n) is 15.4. The summed E-state index contributed by atoms with van der Waals surface area (Å²) in [6.07, 6.45) is 4.51. The summed E-state index contributed by atoms with van der Waals surface area (Å²) in [5.74, 6) is -0.959. The molecule has 9 nitrogen and oxygen atoms in total. The normalized spacial score (nSPS) is 24.0. The molecule has 1 unspecified atom stereocenters. The number of carbonyl (C=O) groups excluding carboxylic acids is 4. The fourth-order valence-corrected chi connectivity index (χ4v) is 4.13. The number of carbonyl (C=O) groups is 4. The van der Waals surface area contributed by atoms with Crippen molar-refractivity contribution >= 4 is 36.2 Å². The molecule has 0 aromatic rings. The Bertz CT molecular complexity index is 608. The number of rotatable bonds is 5. The van der Waals surface area contributed by atoms with E-state index in [2.05, 4.69) is 10.6 Å². The maximum Gasteiger partial charge on any atom is 0.325 e. The van der Waals surface area contributed by atoms with E-state index in [0.29, 0.717) is 45.4 Å². The van der Waals surface area contributed by atoms with Crippen molar-refractivity contribution in [2.24, 2.45) is 11.7 Å². The topological polar surface area (TPSA) is 125 Å². The van der Waals surface area contributed by atoms with Crippen molar-refractivity contribution in [3.8, 4) is 0 Å². The van der Waals surface area contributed by atoms with E-state index in [9.17, 15) is 19.2 Å². The van der Waals surface area contributed by atoms with Crippen molar-refractivity contribution in [2.75, 3.05) is 32.7 Å². The minimum Gasteiger partial charge on any atom is -0.355 e. The Morgan fingerprint density at radius 3 is 2.59 bits per heavy atom. The van der Waals surface area contributed by atoms with Crippen molar-refractivity contribution < 1.29 is 19.2 Å². The Morgan fingerprint density at radius 1 is 1.22 bits per heavy atom. The number of amides is 5. The molecule has 10 heteroatoms. The highest BCUT2D eigenvalue weighted by Crippen LogP contribution is 2.35. The van der Waals surface area contributed by atoms with E-state index in [1.807, 2.05) is 0 Å². The minimum absolute atomic E-state index is 0. The lowest BCUT2D eigenvalue weighted by atomic mass is 9.96. The predicted molar refractivity (Wildman–Crippen MR) is 100 cm³/mol. The van der Waals surface area contributed by atoms with Gasteiger partial charge in [0.15, 0.2) is 0 Å². The summed E-state index contributed by atoms with van der Waals surface area (Å²) in [7, 11) is 0. The van der Waals surface area contributed by atoms with Gasteiger partial charge in [0.2, 0.25) is 11.8 Å². The van der Waals surface area contributed by atoms with Gasteiger partial charge in [0.05, 0.1) is 5.92 Å². The third kappa shape index (κ3) is 4.35. The van der Waals surface area contributed by atoms with E-state index >= 15 is 0 Å². The molecule has 4 N–H and O–H groups in total. The second-order valence-electron chi connectivity index (χ2n) is 7.37. The van der Waals surface area contributed by atoms with Crippen LogP contribution in [0, 0.1) is 5.92 Å². The molecule has 1 saturated carbocycles. The highest BCUT2D eigenvalue weighted by Gasteiger charge is 2.52. The van der Waals surface area contributed by atoms with Crippen molar-refractivity contribution in [3.63, 3.8) is 0 Å². The third-order valence-electron chi connectivity index (χ3n) is 5.58. The second-order valence-corrected chi connectivity index (χ2v) is 7.37. The molecular weight excluding hydrogens is 374 g/mol. The number of nitrogens with two attached hydrogens (primary N) is 1. The quantitative estimate of drug-likeness (QED) is 0.540. The monoisotopic (exact) mass is 401 g/mol. The molecule has 1 aliphatic carbocycles. The van der Waals surface area contributed by atoms with Crippen LogP contribution in [0.4, 0.5) is 4.79 Å². The molecule has 2 saturated heterocycles. The van der Waals surface area contributed by atoms with E-state index in [4.69, 9.17) is 5.73 Å². The summed E-state index contributed by atoms with van der Waals surface area (Å²) in [6, 6.07) is -0.487. The number of halogens is 1. The number of likely N-dealkylation sites (tertiary alicyclic amines) is 1. The van der Waals surface area contributed by atoms with Crippen LogP contribution in [0.25, 0.3) is 0 Å². The first-order valence-electron chi connectivity index (χ1n) is 9.36. The second kappa shape index (κ2) is 8.88. The summed E-state index contributed by atoms with van der Waals surface area (Å²) < 4.78 is 0. The average molecular weight is 402 g/mol. The van der Waals surface area contributed by atoms with Gasteiger partial charge in [0, 0.05) is 26.2 Å². The summed E-state index contributed by atoms with van der Waals surface area (Å²) in [5, 5.41) is 5.53. The van der Waals surface area contributed by atoms with Crippen LogP contribution in [0.5, 0.6) is 0 Å². The summed E-state index contributed by atoms with van der Waals surface area (Å²) in [4.78, 5) is 52.2. The van der Waals surface area contributed by atoms with E-state index < -0.39 is 11.6 Å². The lowest BCUT2D eigenvalue weighted by molar-refractivity contribution is -0.141. The maximum atomic E-state index is 12.6. The molecule has 0 bridgehead atoms. The number of nitrogens with one attached hydrogen (secondary N) is 2. The Balaban J connectivity index is 0.00000261. The number of nitrogens with zero attached hydrogens (tertiary/aromatic N) is 2. The summed E-state index contributed by atoms with van der Waals surface area (Å²) in [6.45, 7) is 1.37. The van der Waals surface area contributed by atoms with Crippen LogP contribution in [0.3, 0.4) is 0 Å². The van der Waals surface area contributed by atoms with E-state index in [0.717, 1.165) is 24.2 Å². The van der Waals surface area contributed by atoms with Gasteiger partial charge < -0.3 is 21.3 Å². The predicted octanol–water partition coefficient (Wildman–Crippen LogP) is -0.414. The van der Waals surface area contributed by atoms with Gasteiger partial charge in [-0.2, -0.15) is 0 Å². The van der Waals surface area contributed by atoms with Gasteiger partial charge in [-0.05, 0) is 25.7 Å². The molecular formula is C17H28ClN5O4. The Hall–Kier alpha value is -1.87. The van der Waals surface area contributed by atoms with Crippen molar-refractivity contribution in [2.45, 2.75) is 44.1 Å². The Morgan fingerprint density at radius 2 is 1.93 bits per heavy atom. The average Bonchev–Trinajstić information content (AvgIpc) is 3.20. The zero-order valence-corrected chi connectivity index (χ0v) is 16.2. The van der Waals surface area contributed by atoms with Gasteiger partial charge in [0.25, 0.3) is 5.91 Å². The van der Waals surface area contributed by atoms with Crippen LogP contribution in [0.1, 0.15) is 38.5 Å². The standard InChI is InChI=1S/C17H27N5O4.ClH/c18-7-8-19-14(24)12-4-3-9-21(10-12)13(23)11-22-15(25)17(20-16(22)26)5-1-2-6-17;/h12H,1-11,18H2,(H,19,24)(H,20,26);1H. The van der Waals surface area contributed by atoms with Crippen LogP contribution in [-0.2, 0) is 14.4 Å². The molecule has 3 rings (SSSR count). The first-order valence-corrected chi connectivity index (χ1v) is 9.36. The van der Waals surface area contributed by atoms with Crippen LogP contribution < -0.4 is 16.4 Å². The zero-order chi connectivity index (χ0) is 18.7. The SMILES string of the molecule is Cl.NCCNC(=O)C1CCCN(C(=O)CN2C(=O)NC3(CCCC3)C2=O)C1. The number of hydrogen-bond donors (Lipinski definition) is 3. The van der Waals surface area contributed by atoms with Gasteiger partial charge in [0.1, 0.15) is 12.1 Å². The number of imide groups is 1. The van der Waals surface area contributed by atoms with Gasteiger partial charge >= 0.3 is 6.03 Å². The van der Waals surface area contributed by atoms with Gasteiger partial charge in [-0.15, -0.1) is 12.4 Å². The molecule has 1 atom stereocenters. The lowest BCUT2D eigenvalue weighted by Crippen LogP contribution is -2.50. The molecule has 152 valence electrons. The minimum atomic E-state index is -0.802. The van der Waals surface area contributed by atoms with E-state index in [-0.39, 0.29) is 42.6 Å². The smallest absolute Gasteiger partial charge is 0.325 e. The number of hydrogen-bond acceptors (Lipinski definition) is 5. The lowest BCUT2D eigenvalue weighted by Gasteiger charge is -2.32. The summed E-state index contributed by atoms with van der Waals surface area (Å²) in [5.41, 5.74) is 4.59. The molecule has 0 aromatic heterocycles. The molecule has 3 fully saturated rings. The molecule has 2 heterocycles. The summed E-state index contributed by atoms with van der Waals surface area (Å²) >= 11 is 0. The van der Waals surface area contributed by atoms with Gasteiger partial charge in [-0.3, -0.25) is 19.3 Å². The Labute approximate surface area is 164 Å². The first-order chi connectivity index (χ1) is 12.5. The van der Waals surface area contributed by atoms with Gasteiger partial charge in [-0.1, -0.05) is 12.8 Å². The molecule has 3 aliphatic rings. The van der Waals surface area contributed by atoms with Crippen molar-refractivity contribution in [1.29, 1.82) is 0 Å². The molecule has 1 spiro atoms. The fraction of sp³-hybridized carbons (Fsp3) is 0.765. The molecule has 27 heavy (non-hydrogen) atoms. The highest BCUT2D eigenvalue weighted by molar-refractivity contribution is 6.09. The Kier molecular flexibility index (Phi) is 7.05. The molecule has 0 aromatic carbocycles. The molecule has 0 radical (unpaired) electrons. The van der Waals surface area contributed by atoms with Crippen LogP contribution in [0.15, 0.2) is 0 Å². The maximum absolute atomic E-state index is 12.6. The molecule has 2 aliphatic heterocycles. The van der Waals surface area contributed by atoms with Crippen molar-refractivity contribution in [1.82, 2.24) is 20.4 Å². The van der Waals surface area contributed by atoms with Crippen LogP contribution in [-0.4, -0.2) is 71.8 Å². The largest absolute Gasteiger partial charge is 0.355 e. The third-order valence-corrected chi connectivity index (χ3v) is 5.58. The van der Waals surface area contributed by atoms with Crippen LogP contribution in [0.2, 0.25) is 0 Å². The first kappa shape index (κ1) is 21.4.